The smallest absolute Gasteiger partial charge is 0.239 e. The molecule has 4 aromatic rings. The Hall–Kier alpha value is -3.70. The lowest BCUT2D eigenvalue weighted by Gasteiger charge is -2.13. The topological polar surface area (TPSA) is 126 Å². The molecule has 0 bridgehead atoms. The number of sulfone groups is 2. The van der Waals surface area contributed by atoms with E-state index in [4.69, 9.17) is 23.2 Å². The van der Waals surface area contributed by atoms with E-state index in [1.165, 1.54) is 48.5 Å². The normalized spacial score (nSPS) is 11.6. The predicted molar refractivity (Wildman–Crippen MR) is 166 cm³/mol. The third kappa shape index (κ3) is 7.77. The van der Waals surface area contributed by atoms with Crippen LogP contribution in [0.15, 0.2) is 94.7 Å². The molecule has 0 saturated carbocycles. The van der Waals surface area contributed by atoms with E-state index >= 15 is 0 Å². The van der Waals surface area contributed by atoms with Gasteiger partial charge in [0.25, 0.3) is 0 Å². The molecule has 4 rings (SSSR count). The van der Waals surface area contributed by atoms with Crippen LogP contribution < -0.4 is 10.6 Å². The number of rotatable bonds is 9. The molecule has 8 nitrogen and oxygen atoms in total. The number of anilines is 2. The first kappa shape index (κ1) is 31.2. The number of halogens is 2. The summed E-state index contributed by atoms with van der Waals surface area (Å²) >= 11 is 11.6. The van der Waals surface area contributed by atoms with Crippen LogP contribution in [0.3, 0.4) is 0 Å². The van der Waals surface area contributed by atoms with Crippen molar-refractivity contribution in [1.82, 2.24) is 0 Å². The fourth-order valence-corrected chi connectivity index (χ4v) is 6.66. The fourth-order valence-electron chi connectivity index (χ4n) is 4.14. The molecule has 42 heavy (non-hydrogen) atoms. The van der Waals surface area contributed by atoms with Crippen molar-refractivity contribution in [2.45, 2.75) is 23.6 Å². The molecule has 4 aromatic carbocycles. The highest BCUT2D eigenvalue weighted by Gasteiger charge is 2.21. The van der Waals surface area contributed by atoms with Crippen LogP contribution in [0.5, 0.6) is 0 Å². The summed E-state index contributed by atoms with van der Waals surface area (Å²) in [6.07, 6.45) is 0. The first-order valence-corrected chi connectivity index (χ1v) is 16.6. The van der Waals surface area contributed by atoms with Gasteiger partial charge < -0.3 is 10.6 Å². The molecule has 0 fully saturated rings. The van der Waals surface area contributed by atoms with Crippen LogP contribution in [0, 0.1) is 13.8 Å². The first-order chi connectivity index (χ1) is 19.7. The summed E-state index contributed by atoms with van der Waals surface area (Å²) in [6.45, 7) is 3.57. The maximum absolute atomic E-state index is 12.6. The third-order valence-electron chi connectivity index (χ3n) is 6.32. The number of carbonyl (C=O) groups is 2. The highest BCUT2D eigenvalue weighted by molar-refractivity contribution is 7.92. The van der Waals surface area contributed by atoms with Crippen LogP contribution in [0.25, 0.3) is 11.1 Å². The van der Waals surface area contributed by atoms with Crippen molar-refractivity contribution < 1.29 is 26.4 Å². The Morgan fingerprint density at radius 3 is 1.21 bits per heavy atom. The molecule has 0 radical (unpaired) electrons. The Labute approximate surface area is 254 Å². The van der Waals surface area contributed by atoms with Gasteiger partial charge in [-0.2, -0.15) is 0 Å². The van der Waals surface area contributed by atoms with E-state index < -0.39 is 43.0 Å². The highest BCUT2D eigenvalue weighted by Crippen LogP contribution is 2.28. The predicted octanol–water partition coefficient (Wildman–Crippen LogP) is 6.10. The lowest BCUT2D eigenvalue weighted by Crippen LogP contribution is -2.23. The van der Waals surface area contributed by atoms with Gasteiger partial charge in [-0.05, 0) is 109 Å². The highest BCUT2D eigenvalue weighted by atomic mass is 35.5. The molecule has 0 unspecified atom stereocenters. The minimum atomic E-state index is -3.84. The Morgan fingerprint density at radius 2 is 0.905 bits per heavy atom. The molecular formula is C30H26Cl2N2O6S2. The third-order valence-corrected chi connectivity index (χ3v) is 10.1. The molecule has 0 aliphatic heterocycles. The van der Waals surface area contributed by atoms with Gasteiger partial charge in [-0.3, -0.25) is 9.59 Å². The van der Waals surface area contributed by atoms with E-state index in [-0.39, 0.29) is 9.79 Å². The quantitative estimate of drug-likeness (QED) is 0.227. The van der Waals surface area contributed by atoms with Gasteiger partial charge >= 0.3 is 0 Å². The Balaban J connectivity index is 1.41. The second-order valence-corrected chi connectivity index (χ2v) is 14.4. The van der Waals surface area contributed by atoms with Crippen LogP contribution in [-0.4, -0.2) is 40.2 Å². The molecule has 0 aliphatic carbocycles. The van der Waals surface area contributed by atoms with Crippen molar-refractivity contribution in [1.29, 1.82) is 0 Å². The van der Waals surface area contributed by atoms with Crippen molar-refractivity contribution in [2.75, 3.05) is 22.1 Å². The molecule has 12 heteroatoms. The summed E-state index contributed by atoms with van der Waals surface area (Å²) in [4.78, 5) is 25.1. The van der Waals surface area contributed by atoms with Crippen LogP contribution in [0.2, 0.25) is 10.0 Å². The molecule has 2 N–H and O–H groups in total. The second-order valence-electron chi connectivity index (χ2n) is 9.58. The monoisotopic (exact) mass is 644 g/mol. The molecule has 0 aromatic heterocycles. The van der Waals surface area contributed by atoms with Crippen molar-refractivity contribution in [3.63, 3.8) is 0 Å². The van der Waals surface area contributed by atoms with Crippen LogP contribution in [0.4, 0.5) is 11.4 Å². The first-order valence-electron chi connectivity index (χ1n) is 12.5. The molecule has 0 heterocycles. The summed E-state index contributed by atoms with van der Waals surface area (Å²) in [5.41, 5.74) is 4.02. The molecule has 0 aliphatic rings. The van der Waals surface area contributed by atoms with Gasteiger partial charge in [0, 0.05) is 21.4 Å². The maximum atomic E-state index is 12.6. The van der Waals surface area contributed by atoms with Gasteiger partial charge in [0.2, 0.25) is 11.8 Å². The van der Waals surface area contributed by atoms with Crippen molar-refractivity contribution in [2.24, 2.45) is 0 Å². The zero-order valence-electron chi connectivity index (χ0n) is 22.5. The minimum Gasteiger partial charge on any atom is -0.325 e. The lowest BCUT2D eigenvalue weighted by molar-refractivity contribution is -0.114. The van der Waals surface area contributed by atoms with Crippen molar-refractivity contribution in [3.05, 3.63) is 106 Å². The Bertz CT molecular complexity index is 1740. The summed E-state index contributed by atoms with van der Waals surface area (Å²) < 4.78 is 50.3. The fraction of sp³-hybridized carbons (Fsp3) is 0.133. The van der Waals surface area contributed by atoms with E-state index in [0.29, 0.717) is 32.5 Å². The van der Waals surface area contributed by atoms with Crippen LogP contribution in [0.1, 0.15) is 11.1 Å². The number of amides is 2. The molecule has 0 atom stereocenters. The maximum Gasteiger partial charge on any atom is 0.239 e. The molecule has 218 valence electrons. The standard InChI is InChI=1S/C30H26Cl2N2O6S2/c1-19-15-21(3-13-27(19)33-29(35)17-41(37,38)25-9-5-23(31)6-10-25)22-4-14-28(20(2)16-22)34-30(36)18-42(39,40)26-11-7-24(32)8-12-26/h3-16H,17-18H2,1-2H3,(H,33,35)(H,34,36). The van der Waals surface area contributed by atoms with Gasteiger partial charge in [0.05, 0.1) is 9.79 Å². The molecule has 0 saturated heterocycles. The van der Waals surface area contributed by atoms with E-state index in [1.807, 2.05) is 12.1 Å². The number of benzene rings is 4. The van der Waals surface area contributed by atoms with Gasteiger partial charge in [0.15, 0.2) is 19.7 Å². The number of carbonyl (C=O) groups excluding carboxylic acids is 2. The zero-order chi connectivity index (χ0) is 30.7. The summed E-state index contributed by atoms with van der Waals surface area (Å²) in [6, 6.07) is 21.8. The Kier molecular flexibility index (Phi) is 9.42. The number of hydrogen-bond donors (Lipinski definition) is 2. The molecular weight excluding hydrogens is 619 g/mol. The number of hydrogen-bond acceptors (Lipinski definition) is 6. The van der Waals surface area contributed by atoms with Gasteiger partial charge in [-0.15, -0.1) is 0 Å². The van der Waals surface area contributed by atoms with E-state index in [1.54, 1.807) is 38.1 Å². The number of nitrogens with one attached hydrogen (secondary N) is 2. The molecule has 2 amide bonds. The number of aryl methyl sites for hydroxylation is 2. The van der Waals surface area contributed by atoms with Crippen molar-refractivity contribution in [3.8, 4) is 11.1 Å². The van der Waals surface area contributed by atoms with Crippen LogP contribution >= 0.6 is 23.2 Å². The molecule has 0 spiro atoms. The Morgan fingerprint density at radius 1 is 0.571 bits per heavy atom. The minimum absolute atomic E-state index is 0.00677. The summed E-state index contributed by atoms with van der Waals surface area (Å²) in [5.74, 6) is -2.78. The van der Waals surface area contributed by atoms with E-state index in [2.05, 4.69) is 10.6 Å². The average molecular weight is 646 g/mol. The SMILES string of the molecule is Cc1cc(-c2ccc(NC(=O)CS(=O)(=O)c3ccc(Cl)cc3)c(C)c2)ccc1NC(=O)CS(=O)(=O)c1ccc(Cl)cc1. The summed E-state index contributed by atoms with van der Waals surface area (Å²) in [7, 11) is -7.69. The second kappa shape index (κ2) is 12.7. The lowest BCUT2D eigenvalue weighted by atomic mass is 10.00. The average Bonchev–Trinajstić information content (AvgIpc) is 2.91. The van der Waals surface area contributed by atoms with Gasteiger partial charge in [-0.1, -0.05) is 35.3 Å². The van der Waals surface area contributed by atoms with Gasteiger partial charge in [-0.25, -0.2) is 16.8 Å². The zero-order valence-corrected chi connectivity index (χ0v) is 25.7. The summed E-state index contributed by atoms with van der Waals surface area (Å²) in [5, 5.41) is 6.09. The van der Waals surface area contributed by atoms with E-state index in [0.717, 1.165) is 11.1 Å². The van der Waals surface area contributed by atoms with Gasteiger partial charge in [0.1, 0.15) is 11.5 Å². The van der Waals surface area contributed by atoms with Crippen molar-refractivity contribution >= 4 is 66.1 Å². The van der Waals surface area contributed by atoms with E-state index in [9.17, 15) is 26.4 Å². The largest absolute Gasteiger partial charge is 0.325 e. The van der Waals surface area contributed by atoms with Crippen LogP contribution in [-0.2, 0) is 29.3 Å².